The molecule has 1 aliphatic heterocycles. The molecule has 15 heteroatoms. The van der Waals surface area contributed by atoms with Gasteiger partial charge < -0.3 is 20.9 Å². The number of hydrogen-bond donors (Lipinski definition) is 6. The number of fused-ring (bicyclic) bond motifs is 1. The van der Waals surface area contributed by atoms with Gasteiger partial charge in [0.15, 0.2) is 5.96 Å². The van der Waals surface area contributed by atoms with Gasteiger partial charge in [-0.15, -0.1) is 0 Å². The van der Waals surface area contributed by atoms with Crippen LogP contribution in [0.4, 0.5) is 0 Å². The van der Waals surface area contributed by atoms with Crippen molar-refractivity contribution >= 4 is 65.5 Å². The maximum absolute atomic E-state index is 13.3. The van der Waals surface area contributed by atoms with E-state index in [1.807, 2.05) is 37.4 Å². The summed E-state index contributed by atoms with van der Waals surface area (Å²) < 4.78 is 59.4. The number of nitrogens with one attached hydrogen (secondary N) is 4. The number of benzene rings is 3. The predicted molar refractivity (Wildman–Crippen MR) is 185 cm³/mol. The molecule has 0 bridgehead atoms. The molecule has 1 amide bonds. The second-order valence-corrected chi connectivity index (χ2v) is 15.4. The second-order valence-electron chi connectivity index (χ2n) is 11.1. The van der Waals surface area contributed by atoms with E-state index >= 15 is 0 Å². The number of H-pyrrole nitrogens is 1. The summed E-state index contributed by atoms with van der Waals surface area (Å²) in [5.41, 5.74) is 8.36. The standard InChI is InChI=1S/C24H29IN6O3S.C7H8O3S/c25-18-7-9-19(10-8-18)35(33,34)30-22(12-17-14-28-21-6-2-1-5-20(17)21)23(32)29-13-16-4-3-11-31(15-16)24(26)27;1-6-2-4-7(5-3-6)11(8,9)10/h1-2,5-10,14,16,22,28,30H,3-4,11-13,15H2,(H3,26,27)(H,29,32);2-5H,1H3,(H,8,9,10)/t16-,22+;/m0./s1. The molecule has 1 aromatic heterocycles. The third-order valence-electron chi connectivity index (χ3n) is 7.58. The number of para-hydroxylation sites is 1. The molecule has 0 aliphatic carbocycles. The van der Waals surface area contributed by atoms with Gasteiger partial charge in [0.05, 0.1) is 9.79 Å². The van der Waals surface area contributed by atoms with Crippen LogP contribution in [0.25, 0.3) is 10.9 Å². The summed E-state index contributed by atoms with van der Waals surface area (Å²) in [5, 5.41) is 11.6. The molecule has 1 fully saturated rings. The first kappa shape index (κ1) is 35.3. The topological polar surface area (TPSA) is 199 Å². The number of carbonyl (C=O) groups is 1. The van der Waals surface area contributed by atoms with E-state index in [0.29, 0.717) is 13.1 Å². The van der Waals surface area contributed by atoms with Gasteiger partial charge in [-0.05, 0) is 103 Å². The summed E-state index contributed by atoms with van der Waals surface area (Å²) in [4.78, 5) is 18.3. The van der Waals surface area contributed by atoms with Crippen molar-refractivity contribution in [2.24, 2.45) is 11.7 Å². The molecular weight excluding hydrogens is 743 g/mol. The maximum atomic E-state index is 13.3. The van der Waals surface area contributed by atoms with Gasteiger partial charge >= 0.3 is 0 Å². The van der Waals surface area contributed by atoms with Gasteiger partial charge in [0.1, 0.15) is 6.04 Å². The van der Waals surface area contributed by atoms with Gasteiger partial charge in [0.2, 0.25) is 15.9 Å². The number of amides is 1. The number of nitrogens with zero attached hydrogens (tertiary/aromatic N) is 1. The first-order valence-corrected chi connectivity index (χ1v) is 18.5. The molecule has 0 unspecified atom stereocenters. The minimum Gasteiger partial charge on any atom is -0.370 e. The monoisotopic (exact) mass is 780 g/mol. The molecule has 2 atom stereocenters. The van der Waals surface area contributed by atoms with E-state index < -0.39 is 26.2 Å². The first-order valence-electron chi connectivity index (χ1n) is 14.5. The van der Waals surface area contributed by atoms with Gasteiger partial charge in [-0.2, -0.15) is 13.1 Å². The Kier molecular flexibility index (Phi) is 11.8. The molecule has 0 saturated carbocycles. The van der Waals surface area contributed by atoms with E-state index in [1.165, 1.54) is 24.3 Å². The van der Waals surface area contributed by atoms with Crippen LogP contribution < -0.4 is 15.8 Å². The van der Waals surface area contributed by atoms with E-state index in [-0.39, 0.29) is 34.0 Å². The molecule has 0 spiro atoms. The molecule has 46 heavy (non-hydrogen) atoms. The van der Waals surface area contributed by atoms with Crippen molar-refractivity contribution < 1.29 is 26.2 Å². The number of hydrogen-bond acceptors (Lipinski definition) is 6. The number of nitrogens with two attached hydrogens (primary N) is 1. The number of guanidine groups is 1. The van der Waals surface area contributed by atoms with Crippen molar-refractivity contribution in [3.8, 4) is 0 Å². The molecule has 2 heterocycles. The summed E-state index contributed by atoms with van der Waals surface area (Å²) in [6, 6.07) is 19.2. The fourth-order valence-electron chi connectivity index (χ4n) is 5.11. The molecular formula is C31H37IN6O6S2. The molecule has 1 saturated heterocycles. The van der Waals surface area contributed by atoms with Gasteiger partial charge in [0, 0.05) is 40.3 Å². The van der Waals surface area contributed by atoms with E-state index in [9.17, 15) is 21.6 Å². The summed E-state index contributed by atoms with van der Waals surface area (Å²) in [5.74, 6) is -0.217. The lowest BCUT2D eigenvalue weighted by Gasteiger charge is -2.33. The lowest BCUT2D eigenvalue weighted by Crippen LogP contribution is -2.51. The third kappa shape index (κ3) is 9.75. The average Bonchev–Trinajstić information content (AvgIpc) is 3.42. The zero-order chi connectivity index (χ0) is 33.5. The van der Waals surface area contributed by atoms with Crippen molar-refractivity contribution in [3.63, 3.8) is 0 Å². The van der Waals surface area contributed by atoms with Crippen LogP contribution in [0.3, 0.4) is 0 Å². The van der Waals surface area contributed by atoms with Crippen LogP contribution >= 0.6 is 22.6 Å². The van der Waals surface area contributed by atoms with Gasteiger partial charge in [-0.25, -0.2) is 8.42 Å². The van der Waals surface area contributed by atoms with E-state index in [0.717, 1.165) is 45.0 Å². The van der Waals surface area contributed by atoms with Crippen LogP contribution in [0.5, 0.6) is 0 Å². The fraction of sp³-hybridized carbons (Fsp3) is 0.290. The number of halogens is 1. The number of sulfonamides is 1. The van der Waals surface area contributed by atoms with E-state index in [4.69, 9.17) is 15.7 Å². The Morgan fingerprint density at radius 2 is 1.72 bits per heavy atom. The zero-order valence-corrected chi connectivity index (χ0v) is 28.9. The number of aryl methyl sites for hydroxylation is 1. The Bertz CT molecular complexity index is 1880. The SMILES string of the molecule is Cc1ccc(S(=O)(=O)O)cc1.N=C(N)N1CCC[C@@H](CNC(=O)[C@@H](Cc2c[nH]c3ccccc23)NS(=O)(=O)c2ccc(I)cc2)C1. The third-order valence-corrected chi connectivity index (χ3v) is 10.7. The van der Waals surface area contributed by atoms with Crippen molar-refractivity contribution in [3.05, 3.63) is 93.7 Å². The largest absolute Gasteiger partial charge is 0.370 e. The average molecular weight is 781 g/mol. The zero-order valence-electron chi connectivity index (χ0n) is 25.1. The predicted octanol–water partition coefficient (Wildman–Crippen LogP) is 3.63. The smallest absolute Gasteiger partial charge is 0.294 e. The van der Waals surface area contributed by atoms with Crippen LogP contribution in [0.15, 0.2) is 88.8 Å². The molecule has 1 aliphatic rings. The van der Waals surface area contributed by atoms with Crippen molar-refractivity contribution in [1.82, 2.24) is 19.9 Å². The van der Waals surface area contributed by atoms with Crippen LogP contribution in [0.2, 0.25) is 0 Å². The Morgan fingerprint density at radius 1 is 1.07 bits per heavy atom. The number of piperidine rings is 1. The van der Waals surface area contributed by atoms with Gasteiger partial charge in [-0.1, -0.05) is 35.9 Å². The highest BCUT2D eigenvalue weighted by Crippen LogP contribution is 2.21. The quantitative estimate of drug-likeness (QED) is 0.0641. The number of aromatic amines is 1. The summed E-state index contributed by atoms with van der Waals surface area (Å²) >= 11 is 2.11. The number of aromatic nitrogens is 1. The van der Waals surface area contributed by atoms with Gasteiger partial charge in [-0.3, -0.25) is 14.8 Å². The lowest BCUT2D eigenvalue weighted by molar-refractivity contribution is -0.122. The minimum atomic E-state index is -4.02. The molecule has 4 aromatic rings. The molecule has 0 radical (unpaired) electrons. The lowest BCUT2D eigenvalue weighted by atomic mass is 9.98. The first-order chi connectivity index (χ1) is 21.7. The van der Waals surface area contributed by atoms with Crippen molar-refractivity contribution in [1.29, 1.82) is 5.41 Å². The summed E-state index contributed by atoms with van der Waals surface area (Å²) in [6.07, 6.45) is 3.81. The van der Waals surface area contributed by atoms with Crippen LogP contribution in [-0.4, -0.2) is 68.8 Å². The number of likely N-dealkylation sites (tertiary alicyclic amines) is 1. The van der Waals surface area contributed by atoms with Crippen molar-refractivity contribution in [2.45, 2.75) is 42.0 Å². The van der Waals surface area contributed by atoms with E-state index in [2.05, 4.69) is 37.6 Å². The summed E-state index contributed by atoms with van der Waals surface area (Å²) in [6.45, 7) is 3.56. The van der Waals surface area contributed by atoms with Crippen LogP contribution in [-0.2, 0) is 31.4 Å². The highest BCUT2D eigenvalue weighted by atomic mass is 127. The Labute approximate surface area is 282 Å². The Morgan fingerprint density at radius 3 is 2.37 bits per heavy atom. The highest BCUT2D eigenvalue weighted by molar-refractivity contribution is 14.1. The normalized spacial score (nSPS) is 15.9. The highest BCUT2D eigenvalue weighted by Gasteiger charge is 2.28. The Balaban J connectivity index is 0.000000369. The van der Waals surface area contributed by atoms with Crippen molar-refractivity contribution in [2.75, 3.05) is 19.6 Å². The summed E-state index contributed by atoms with van der Waals surface area (Å²) in [7, 11) is -7.94. The Hall–Kier alpha value is -3.51. The number of carbonyl (C=O) groups excluding carboxylic acids is 1. The molecule has 12 nitrogen and oxygen atoms in total. The second kappa shape index (κ2) is 15.4. The molecule has 7 N–H and O–H groups in total. The fourth-order valence-corrected chi connectivity index (χ4v) is 7.14. The molecule has 246 valence electrons. The maximum Gasteiger partial charge on any atom is 0.294 e. The van der Waals surface area contributed by atoms with E-state index in [1.54, 1.807) is 29.2 Å². The van der Waals surface area contributed by atoms with Gasteiger partial charge in [0.25, 0.3) is 10.1 Å². The number of rotatable bonds is 9. The molecule has 3 aromatic carbocycles. The van der Waals surface area contributed by atoms with Crippen LogP contribution in [0.1, 0.15) is 24.0 Å². The van der Waals surface area contributed by atoms with Crippen LogP contribution in [0, 0.1) is 21.8 Å². The minimum absolute atomic E-state index is 0.0310. The molecule has 5 rings (SSSR count).